The molecular formula is C71H118N10O15S. The third-order valence-corrected chi connectivity index (χ3v) is 17.5. The summed E-state index contributed by atoms with van der Waals surface area (Å²) in [7, 11) is 8.18. The van der Waals surface area contributed by atoms with Crippen LogP contribution < -0.4 is 26.0 Å². The Balaban J connectivity index is 3.14. The van der Waals surface area contributed by atoms with Crippen LogP contribution in [-0.2, 0) is 62.2 Å². The van der Waals surface area contributed by atoms with Crippen LogP contribution in [-0.4, -0.2) is 226 Å². The lowest BCUT2D eigenvalue weighted by molar-refractivity contribution is -0.166. The summed E-state index contributed by atoms with van der Waals surface area (Å²) in [6.07, 6.45) is -0.269. The molecule has 1 saturated heterocycles. The van der Waals surface area contributed by atoms with Gasteiger partial charge >= 0.3 is 11.2 Å². The van der Waals surface area contributed by atoms with E-state index in [0.29, 0.717) is 0 Å². The van der Waals surface area contributed by atoms with E-state index < -0.39 is 167 Å². The lowest BCUT2D eigenvalue weighted by atomic mass is 9.91. The van der Waals surface area contributed by atoms with Crippen LogP contribution in [0.2, 0.25) is 0 Å². The molecule has 1 aliphatic rings. The Morgan fingerprint density at radius 1 is 0.546 bits per heavy atom. The van der Waals surface area contributed by atoms with Gasteiger partial charge in [-0.05, 0) is 119 Å². The van der Waals surface area contributed by atoms with Crippen molar-refractivity contribution in [2.45, 2.75) is 236 Å². The van der Waals surface area contributed by atoms with Crippen molar-refractivity contribution in [1.29, 1.82) is 0 Å². The van der Waals surface area contributed by atoms with Crippen LogP contribution in [0.3, 0.4) is 0 Å². The number of carbonyl (C=O) groups excluding carboxylic acids is 11. The zero-order valence-electron chi connectivity index (χ0n) is 62.3. The number of hydrogen-bond acceptors (Lipinski definition) is 16. The van der Waals surface area contributed by atoms with Crippen LogP contribution in [0.25, 0.3) is 0 Å². The van der Waals surface area contributed by atoms with E-state index in [2.05, 4.69) is 21.3 Å². The molecular weight excluding hydrogens is 1260 g/mol. The third kappa shape index (κ3) is 25.9. The second-order valence-electron chi connectivity index (χ2n) is 29.0. The van der Waals surface area contributed by atoms with E-state index in [1.807, 2.05) is 69.2 Å². The number of likely N-dealkylation sites (N-methyl/N-ethyl adjacent to an activating group) is 6. The van der Waals surface area contributed by atoms with Crippen LogP contribution >= 0.6 is 12.2 Å². The van der Waals surface area contributed by atoms with E-state index >= 15 is 19.2 Å². The number of carbonyl (C=O) groups is 11. The van der Waals surface area contributed by atoms with Gasteiger partial charge in [0.2, 0.25) is 53.2 Å². The number of aliphatic hydroxyl groups excluding tert-OH is 1. The second kappa shape index (κ2) is 40.0. The number of rotatable bonds is 19. The van der Waals surface area contributed by atoms with Gasteiger partial charge < -0.3 is 70.0 Å². The third-order valence-electron chi connectivity index (χ3n) is 17.3. The number of nitrogens with zero attached hydrogens (tertiary/aromatic N) is 6. The van der Waals surface area contributed by atoms with E-state index in [9.17, 15) is 38.7 Å². The summed E-state index contributed by atoms with van der Waals surface area (Å²) in [5.41, 5.74) is 0. The molecule has 0 aromatic heterocycles. The first-order valence-electron chi connectivity index (χ1n) is 34.2. The molecule has 1 aliphatic heterocycles. The number of benzene rings is 1. The van der Waals surface area contributed by atoms with Gasteiger partial charge in [0, 0.05) is 54.5 Å². The molecule has 26 heteroatoms. The SMILES string of the molecule is C/C=C/C[C@@H](C)[C@@H](O)[C@H]1C(=O)N[C@@H](C(C)OC(=S)Oc2ccccc2)C(=O)N(C)CC(=O)N(C)[C@@H](CC(C)C)C(=O)N[C@@H](CC(C)C)C(=O)N(C)[C@@H](CC(C)C)C(=O)N[C@@H](C)C(=O)O[C@H](C(C)C)C(=O)N(C)[C@H](CC(C)C)C(=O)N[C@@H](CC(C)C)C(=O)N(C)[C@@H](C(C)C)C(=O)N1C. The van der Waals surface area contributed by atoms with E-state index in [4.69, 9.17) is 26.4 Å². The van der Waals surface area contributed by atoms with E-state index in [1.54, 1.807) is 84.0 Å². The maximum absolute atomic E-state index is 15.4. The number of nitrogens with one attached hydrogen (secondary N) is 4. The molecule has 0 bridgehead atoms. The fraction of sp³-hybridized carbons (Fsp3) is 0.718. The first-order valence-corrected chi connectivity index (χ1v) is 34.6. The predicted molar refractivity (Wildman–Crippen MR) is 375 cm³/mol. The molecule has 2 rings (SSSR count). The fourth-order valence-corrected chi connectivity index (χ4v) is 11.9. The molecule has 13 atom stereocenters. The van der Waals surface area contributed by atoms with Crippen LogP contribution in [0.1, 0.15) is 163 Å². The monoisotopic (exact) mass is 1380 g/mol. The average Bonchev–Trinajstić information content (AvgIpc) is 0.810. The van der Waals surface area contributed by atoms with Gasteiger partial charge in [-0.1, -0.05) is 134 Å². The highest BCUT2D eigenvalue weighted by atomic mass is 32.1. The minimum atomic E-state index is -1.78. The summed E-state index contributed by atoms with van der Waals surface area (Å²) in [5.74, 6) is -11.5. The Morgan fingerprint density at radius 2 is 0.979 bits per heavy atom. The molecule has 97 heavy (non-hydrogen) atoms. The molecule has 0 radical (unpaired) electrons. The van der Waals surface area contributed by atoms with Gasteiger partial charge in [0.1, 0.15) is 66.2 Å². The number of aliphatic hydroxyl groups is 1. The lowest BCUT2D eigenvalue weighted by Crippen LogP contribution is -2.64. The summed E-state index contributed by atoms with van der Waals surface area (Å²) in [5, 5.41) is 23.1. The van der Waals surface area contributed by atoms with E-state index in [1.165, 1.54) is 75.7 Å². The zero-order chi connectivity index (χ0) is 74.4. The topological polar surface area (TPSA) is 303 Å². The van der Waals surface area contributed by atoms with Crippen molar-refractivity contribution in [3.8, 4) is 5.75 Å². The smallest absolute Gasteiger partial charge is 0.358 e. The van der Waals surface area contributed by atoms with Crippen molar-refractivity contribution in [3.63, 3.8) is 0 Å². The Labute approximate surface area is 582 Å². The summed E-state index contributed by atoms with van der Waals surface area (Å²) >= 11 is 5.50. The predicted octanol–water partition coefficient (Wildman–Crippen LogP) is 5.74. The Hall–Kier alpha value is -7.22. The first kappa shape index (κ1) is 85.9. The molecule has 1 aromatic rings. The van der Waals surface area contributed by atoms with Crippen molar-refractivity contribution in [1.82, 2.24) is 50.7 Å². The summed E-state index contributed by atoms with van der Waals surface area (Å²) < 4.78 is 17.7. The summed E-state index contributed by atoms with van der Waals surface area (Å²) in [6, 6.07) is -4.05. The van der Waals surface area contributed by atoms with Gasteiger partial charge in [-0.25, -0.2) is 4.79 Å². The molecule has 5 N–H and O–H groups in total. The van der Waals surface area contributed by atoms with Crippen molar-refractivity contribution >= 4 is 82.5 Å². The number of allylic oxidation sites excluding steroid dienone is 2. The molecule has 1 fully saturated rings. The molecule has 1 unspecified atom stereocenters. The number of ether oxygens (including phenoxy) is 3. The van der Waals surface area contributed by atoms with Gasteiger partial charge in [-0.2, -0.15) is 0 Å². The zero-order valence-corrected chi connectivity index (χ0v) is 63.1. The molecule has 548 valence electrons. The quantitative estimate of drug-likeness (QED) is 0.0627. The number of hydrogen-bond donors (Lipinski definition) is 5. The maximum Gasteiger partial charge on any atom is 0.358 e. The Kier molecular flexibility index (Phi) is 35.4. The van der Waals surface area contributed by atoms with Gasteiger partial charge in [0.15, 0.2) is 6.10 Å². The van der Waals surface area contributed by atoms with Crippen LogP contribution in [0, 0.1) is 47.3 Å². The second-order valence-corrected chi connectivity index (χ2v) is 29.4. The van der Waals surface area contributed by atoms with E-state index in [-0.39, 0.29) is 73.9 Å². The largest absolute Gasteiger partial charge is 0.451 e. The molecule has 1 aromatic carbocycles. The van der Waals surface area contributed by atoms with Gasteiger partial charge in [-0.15, -0.1) is 0 Å². The maximum atomic E-state index is 15.4. The Bertz CT molecular complexity index is 2850. The van der Waals surface area contributed by atoms with Crippen molar-refractivity contribution in [2.75, 3.05) is 48.8 Å². The van der Waals surface area contributed by atoms with Crippen LogP contribution in [0.4, 0.5) is 0 Å². The highest BCUT2D eigenvalue weighted by Crippen LogP contribution is 2.26. The lowest BCUT2D eigenvalue weighted by Gasteiger charge is -2.40. The molecule has 10 amide bonds. The molecule has 25 nitrogen and oxygen atoms in total. The number of esters is 1. The first-order chi connectivity index (χ1) is 45.0. The standard InChI is InChI=1S/C71H118N10O15S/c1-25-26-30-46(16)59(83)58-64(87)75-56(48(18)94-71(97)95-49-31-28-27-29-32-49)67(90)76(19)38-55(82)77(20)52(35-41(6)7)62(85)73-50(33-39(2)3)65(88)78(21)53(36-42(8)9)61(84)72-47(17)70(93)96-60(45(14)15)69(92)79(22)54(37-43(10)11)63(86)74-51(34-40(4)5)66(89)80(23)57(44(12)13)68(91)81(58)24/h25-29,31-32,39-48,50-54,56-60,83H,30,33-38H2,1-24H3,(H,72,84)(H,73,85)(H,74,86)(H,75,87)/b26-25+/t46-,47+,48?,50+,51+,52+,53+,54-,56+,57+,58+,59-,60-/m1/s1. The molecule has 0 saturated carbocycles. The Morgan fingerprint density at radius 3 is 1.42 bits per heavy atom. The highest BCUT2D eigenvalue weighted by molar-refractivity contribution is 7.79. The van der Waals surface area contributed by atoms with Crippen molar-refractivity contribution in [3.05, 3.63) is 42.5 Å². The minimum Gasteiger partial charge on any atom is -0.451 e. The number of amides is 10. The minimum absolute atomic E-state index is 0.0672. The van der Waals surface area contributed by atoms with Gasteiger partial charge in [0.05, 0.1) is 12.6 Å². The highest BCUT2D eigenvalue weighted by Gasteiger charge is 2.46. The van der Waals surface area contributed by atoms with Crippen molar-refractivity contribution in [2.24, 2.45) is 47.3 Å². The number of cyclic esters (lactones) is 1. The molecule has 1 heterocycles. The van der Waals surface area contributed by atoms with Crippen LogP contribution in [0.5, 0.6) is 5.75 Å². The van der Waals surface area contributed by atoms with Crippen molar-refractivity contribution < 1.29 is 72.1 Å². The molecule has 0 aliphatic carbocycles. The summed E-state index contributed by atoms with van der Waals surface area (Å²) in [4.78, 5) is 171. The summed E-state index contributed by atoms with van der Waals surface area (Å²) in [6.45, 7) is 30.7. The number of thiocarbonyl (C=S) groups is 1. The van der Waals surface area contributed by atoms with Gasteiger partial charge in [-0.3, -0.25) is 47.9 Å². The van der Waals surface area contributed by atoms with E-state index in [0.717, 1.165) is 9.80 Å². The molecule has 0 spiro atoms. The fourth-order valence-electron chi connectivity index (χ4n) is 11.6. The number of para-hydroxylation sites is 1. The normalized spacial score (nSPS) is 25.2. The van der Waals surface area contributed by atoms with Crippen LogP contribution in [0.15, 0.2) is 42.5 Å². The van der Waals surface area contributed by atoms with Gasteiger partial charge in [0.25, 0.3) is 5.91 Å². The average molecular weight is 1380 g/mol.